The van der Waals surface area contributed by atoms with Gasteiger partial charge < -0.3 is 9.73 Å². The van der Waals surface area contributed by atoms with Gasteiger partial charge in [0.15, 0.2) is 0 Å². The number of hydrogen-bond acceptors (Lipinski definition) is 4. The van der Waals surface area contributed by atoms with Crippen molar-refractivity contribution >= 4 is 5.91 Å². The summed E-state index contributed by atoms with van der Waals surface area (Å²) in [5.41, 5.74) is 1.10. The number of nitrogens with one attached hydrogen (secondary N) is 1. The Bertz CT molecular complexity index is 1130. The maximum atomic E-state index is 14.0. The second-order valence-corrected chi connectivity index (χ2v) is 6.25. The Balaban J connectivity index is 1.70. The Kier molecular flexibility index (Phi) is 5.11. The molecular formula is C22H15F2N3O2. The lowest BCUT2D eigenvalue weighted by atomic mass is 10.1. The molecule has 1 amide bonds. The van der Waals surface area contributed by atoms with Gasteiger partial charge in [-0.3, -0.25) is 4.79 Å². The highest BCUT2D eigenvalue weighted by Gasteiger charge is 2.25. The largest absolute Gasteiger partial charge is 0.418 e. The minimum absolute atomic E-state index is 0.0974. The Morgan fingerprint density at radius 2 is 1.55 bits per heavy atom. The zero-order valence-corrected chi connectivity index (χ0v) is 15.0. The van der Waals surface area contributed by atoms with Crippen LogP contribution in [0, 0.1) is 11.6 Å². The van der Waals surface area contributed by atoms with E-state index in [-0.39, 0.29) is 17.3 Å². The van der Waals surface area contributed by atoms with Gasteiger partial charge in [0.2, 0.25) is 11.8 Å². The van der Waals surface area contributed by atoms with E-state index in [0.29, 0.717) is 11.1 Å². The van der Waals surface area contributed by atoms with E-state index in [4.69, 9.17) is 4.42 Å². The Morgan fingerprint density at radius 1 is 0.862 bits per heavy atom. The summed E-state index contributed by atoms with van der Waals surface area (Å²) in [5.74, 6) is -1.37. The minimum atomic E-state index is -0.882. The first-order valence-electron chi connectivity index (χ1n) is 8.81. The second kappa shape index (κ2) is 8.02. The van der Waals surface area contributed by atoms with E-state index < -0.39 is 23.6 Å². The van der Waals surface area contributed by atoms with E-state index in [0.717, 1.165) is 0 Å². The molecule has 3 aromatic carbocycles. The molecule has 1 atom stereocenters. The van der Waals surface area contributed by atoms with E-state index in [9.17, 15) is 13.6 Å². The number of rotatable bonds is 5. The molecule has 0 saturated carbocycles. The molecule has 1 N–H and O–H groups in total. The first kappa shape index (κ1) is 18.5. The number of aromatic nitrogens is 2. The molecular weight excluding hydrogens is 376 g/mol. The summed E-state index contributed by atoms with van der Waals surface area (Å²) in [4.78, 5) is 12.7. The molecule has 0 unspecified atom stereocenters. The van der Waals surface area contributed by atoms with Crippen LogP contribution in [0.5, 0.6) is 0 Å². The van der Waals surface area contributed by atoms with E-state index in [2.05, 4.69) is 15.5 Å². The molecule has 0 bridgehead atoms. The van der Waals surface area contributed by atoms with Crippen molar-refractivity contribution in [3.8, 4) is 11.5 Å². The summed E-state index contributed by atoms with van der Waals surface area (Å²) in [6.07, 6.45) is 0. The van der Waals surface area contributed by atoms with Crippen LogP contribution in [0.1, 0.15) is 27.9 Å². The van der Waals surface area contributed by atoms with E-state index in [1.54, 1.807) is 6.07 Å². The van der Waals surface area contributed by atoms with Crippen molar-refractivity contribution in [2.45, 2.75) is 6.04 Å². The number of carbonyl (C=O) groups excluding carboxylic acids is 1. The number of halogens is 2. The van der Waals surface area contributed by atoms with Gasteiger partial charge in [0, 0.05) is 5.56 Å². The Morgan fingerprint density at radius 3 is 2.28 bits per heavy atom. The van der Waals surface area contributed by atoms with Gasteiger partial charge in [-0.1, -0.05) is 42.5 Å². The van der Waals surface area contributed by atoms with E-state index >= 15 is 0 Å². The van der Waals surface area contributed by atoms with E-state index in [1.807, 2.05) is 30.3 Å². The fourth-order valence-electron chi connectivity index (χ4n) is 2.85. The lowest BCUT2D eigenvalue weighted by molar-refractivity contribution is 0.0934. The summed E-state index contributed by atoms with van der Waals surface area (Å²) in [6.45, 7) is 0. The smallest absolute Gasteiger partial charge is 0.255 e. The monoisotopic (exact) mass is 391 g/mol. The maximum Gasteiger partial charge on any atom is 0.255 e. The van der Waals surface area contributed by atoms with Crippen LogP contribution >= 0.6 is 0 Å². The summed E-state index contributed by atoms with van der Waals surface area (Å²) in [6, 6.07) is 19.4. The molecule has 1 aromatic heterocycles. The van der Waals surface area contributed by atoms with Gasteiger partial charge in [0.05, 0.1) is 5.56 Å². The minimum Gasteiger partial charge on any atom is -0.418 e. The van der Waals surface area contributed by atoms with Crippen LogP contribution in [-0.2, 0) is 0 Å². The molecule has 0 radical (unpaired) electrons. The van der Waals surface area contributed by atoms with Crippen LogP contribution in [0.15, 0.2) is 83.3 Å². The third-order valence-electron chi connectivity index (χ3n) is 4.31. The van der Waals surface area contributed by atoms with Crippen molar-refractivity contribution in [2.75, 3.05) is 0 Å². The molecule has 0 aliphatic rings. The molecule has 1 heterocycles. The third-order valence-corrected chi connectivity index (χ3v) is 4.31. The first-order chi connectivity index (χ1) is 14.1. The molecule has 7 heteroatoms. The van der Waals surface area contributed by atoms with Crippen molar-refractivity contribution < 1.29 is 18.0 Å². The zero-order valence-electron chi connectivity index (χ0n) is 15.0. The van der Waals surface area contributed by atoms with Crippen molar-refractivity contribution in [3.05, 3.63) is 108 Å². The quantitative estimate of drug-likeness (QED) is 0.543. The van der Waals surface area contributed by atoms with Gasteiger partial charge in [0.1, 0.15) is 17.7 Å². The van der Waals surface area contributed by atoms with Gasteiger partial charge in [-0.05, 0) is 42.0 Å². The predicted octanol–water partition coefficient (Wildman–Crippen LogP) is 4.53. The molecule has 0 spiro atoms. The number of amides is 1. The van der Waals surface area contributed by atoms with Crippen molar-refractivity contribution in [2.24, 2.45) is 0 Å². The first-order valence-corrected chi connectivity index (χ1v) is 8.81. The molecule has 4 rings (SSSR count). The average molecular weight is 391 g/mol. The van der Waals surface area contributed by atoms with Crippen LogP contribution in [0.4, 0.5) is 8.78 Å². The maximum absolute atomic E-state index is 14.0. The third kappa shape index (κ3) is 4.03. The number of hydrogen-bond donors (Lipinski definition) is 1. The van der Waals surface area contributed by atoms with Gasteiger partial charge in [-0.2, -0.15) is 0 Å². The van der Waals surface area contributed by atoms with Crippen LogP contribution in [0.25, 0.3) is 11.5 Å². The summed E-state index contributed by atoms with van der Waals surface area (Å²) >= 11 is 0. The van der Waals surface area contributed by atoms with Gasteiger partial charge in [-0.25, -0.2) is 8.78 Å². The van der Waals surface area contributed by atoms with E-state index in [1.165, 1.54) is 42.5 Å². The van der Waals surface area contributed by atoms with Crippen LogP contribution in [-0.4, -0.2) is 16.1 Å². The number of carbonyl (C=O) groups is 1. The summed E-state index contributed by atoms with van der Waals surface area (Å²) in [7, 11) is 0. The Labute approximate surface area is 165 Å². The zero-order chi connectivity index (χ0) is 20.2. The van der Waals surface area contributed by atoms with Crippen molar-refractivity contribution in [1.29, 1.82) is 0 Å². The average Bonchev–Trinajstić information content (AvgIpc) is 3.23. The van der Waals surface area contributed by atoms with Crippen LogP contribution < -0.4 is 5.32 Å². The van der Waals surface area contributed by atoms with Crippen LogP contribution in [0.2, 0.25) is 0 Å². The predicted molar refractivity (Wildman–Crippen MR) is 102 cm³/mol. The highest BCUT2D eigenvalue weighted by Crippen LogP contribution is 2.26. The molecule has 0 aliphatic carbocycles. The molecule has 0 fully saturated rings. The normalized spacial score (nSPS) is 11.8. The Hall–Kier alpha value is -3.87. The van der Waals surface area contributed by atoms with Crippen LogP contribution in [0.3, 0.4) is 0 Å². The molecule has 4 aromatic rings. The lowest BCUT2D eigenvalue weighted by Crippen LogP contribution is -2.30. The highest BCUT2D eigenvalue weighted by atomic mass is 19.1. The lowest BCUT2D eigenvalue weighted by Gasteiger charge is -2.16. The second-order valence-electron chi connectivity index (χ2n) is 6.25. The topological polar surface area (TPSA) is 68.0 Å². The SMILES string of the molecule is O=C(N[C@H](c1ccc(F)cc1)c1nnc(-c2ccccc2)o1)c1ccccc1F. The van der Waals surface area contributed by atoms with Gasteiger partial charge >= 0.3 is 0 Å². The van der Waals surface area contributed by atoms with Crippen molar-refractivity contribution in [1.82, 2.24) is 15.5 Å². The molecule has 5 nitrogen and oxygen atoms in total. The number of nitrogens with zero attached hydrogens (tertiary/aromatic N) is 2. The fourth-order valence-corrected chi connectivity index (χ4v) is 2.85. The fraction of sp³-hybridized carbons (Fsp3) is 0.0455. The summed E-state index contributed by atoms with van der Waals surface area (Å²) < 4.78 is 33.1. The molecule has 0 aliphatic heterocycles. The molecule has 29 heavy (non-hydrogen) atoms. The molecule has 0 saturated heterocycles. The van der Waals surface area contributed by atoms with Gasteiger partial charge in [0.25, 0.3) is 5.91 Å². The summed E-state index contributed by atoms with van der Waals surface area (Å²) in [5, 5.41) is 10.8. The standard InChI is InChI=1S/C22H15F2N3O2/c23-16-12-10-14(11-13-16)19(25-20(28)17-8-4-5-9-18(17)24)22-27-26-21(29-22)15-6-2-1-3-7-15/h1-13,19H,(H,25,28)/t19-/m1/s1. The van der Waals surface area contributed by atoms with Gasteiger partial charge in [-0.15, -0.1) is 10.2 Å². The highest BCUT2D eigenvalue weighted by molar-refractivity contribution is 5.94. The van der Waals surface area contributed by atoms with Crippen molar-refractivity contribution in [3.63, 3.8) is 0 Å². The number of benzene rings is 3. The molecule has 144 valence electrons.